The Kier molecular flexibility index (Phi) is 6.84. The average molecular weight is 368 g/mol. The van der Waals surface area contributed by atoms with Gasteiger partial charge in [-0.2, -0.15) is 4.31 Å². The number of ether oxygens (including phenoxy) is 1. The van der Waals surface area contributed by atoms with Crippen molar-refractivity contribution in [1.29, 1.82) is 0 Å². The molecule has 0 spiro atoms. The quantitative estimate of drug-likeness (QED) is 0.773. The molecule has 1 aliphatic heterocycles. The molecule has 6 nitrogen and oxygen atoms in total. The van der Waals surface area contributed by atoms with Gasteiger partial charge in [0.2, 0.25) is 15.9 Å². The summed E-state index contributed by atoms with van der Waals surface area (Å²) in [5.74, 6) is 0.472. The first-order chi connectivity index (χ1) is 11.9. The minimum atomic E-state index is -3.65. The molecule has 0 radical (unpaired) electrons. The standard InChI is InChI=1S/C18H28N2O4S/c1-4-5-7-18(21)19-10-6-11-20(13-12-19)25(22,23)17-14-15(2)8-9-16(17)24-3/h8-9,14H,4-7,10-13H2,1-3H3. The summed E-state index contributed by atoms with van der Waals surface area (Å²) in [6, 6.07) is 5.15. The maximum Gasteiger partial charge on any atom is 0.246 e. The number of sulfonamides is 1. The number of nitrogens with zero attached hydrogens (tertiary/aromatic N) is 2. The topological polar surface area (TPSA) is 66.9 Å². The van der Waals surface area contributed by atoms with Gasteiger partial charge in [0.15, 0.2) is 0 Å². The molecule has 140 valence electrons. The smallest absolute Gasteiger partial charge is 0.246 e. The molecule has 1 amide bonds. The van der Waals surface area contributed by atoms with E-state index in [1.165, 1.54) is 11.4 Å². The molecule has 0 unspecified atom stereocenters. The number of unbranched alkanes of at least 4 members (excludes halogenated alkanes) is 1. The highest BCUT2D eigenvalue weighted by atomic mass is 32.2. The van der Waals surface area contributed by atoms with Crippen molar-refractivity contribution in [3.63, 3.8) is 0 Å². The number of carbonyl (C=O) groups excluding carboxylic acids is 1. The molecule has 2 rings (SSSR count). The molecule has 0 saturated carbocycles. The van der Waals surface area contributed by atoms with Crippen LogP contribution < -0.4 is 4.74 Å². The number of carbonyl (C=O) groups is 1. The van der Waals surface area contributed by atoms with Crippen molar-refractivity contribution in [2.24, 2.45) is 0 Å². The van der Waals surface area contributed by atoms with E-state index in [9.17, 15) is 13.2 Å². The molecule has 1 aliphatic rings. The van der Waals surface area contributed by atoms with Gasteiger partial charge in [0.1, 0.15) is 10.6 Å². The molecule has 0 N–H and O–H groups in total. The first-order valence-electron chi connectivity index (χ1n) is 8.82. The lowest BCUT2D eigenvalue weighted by Gasteiger charge is -2.23. The van der Waals surface area contributed by atoms with Crippen molar-refractivity contribution >= 4 is 15.9 Å². The van der Waals surface area contributed by atoms with Crippen LogP contribution in [0.4, 0.5) is 0 Å². The Hall–Kier alpha value is -1.60. The molecule has 1 fully saturated rings. The van der Waals surface area contributed by atoms with E-state index in [-0.39, 0.29) is 10.8 Å². The molecule has 1 aromatic rings. The van der Waals surface area contributed by atoms with Crippen LogP contribution in [0.3, 0.4) is 0 Å². The molecule has 0 aliphatic carbocycles. The second-order valence-electron chi connectivity index (χ2n) is 6.40. The van der Waals surface area contributed by atoms with Gasteiger partial charge in [-0.1, -0.05) is 19.4 Å². The monoisotopic (exact) mass is 368 g/mol. The highest BCUT2D eigenvalue weighted by molar-refractivity contribution is 7.89. The van der Waals surface area contributed by atoms with Crippen LogP contribution in [-0.4, -0.2) is 56.8 Å². The van der Waals surface area contributed by atoms with Crippen molar-refractivity contribution in [3.8, 4) is 5.75 Å². The molecule has 0 aromatic heterocycles. The van der Waals surface area contributed by atoms with Crippen molar-refractivity contribution < 1.29 is 17.9 Å². The predicted molar refractivity (Wildman–Crippen MR) is 97.2 cm³/mol. The van der Waals surface area contributed by atoms with E-state index in [1.807, 2.05) is 13.0 Å². The van der Waals surface area contributed by atoms with Gasteiger partial charge in [-0.15, -0.1) is 0 Å². The van der Waals surface area contributed by atoms with Gasteiger partial charge in [-0.3, -0.25) is 4.79 Å². The lowest BCUT2D eigenvalue weighted by Crippen LogP contribution is -2.37. The summed E-state index contributed by atoms with van der Waals surface area (Å²) in [5, 5.41) is 0. The summed E-state index contributed by atoms with van der Waals surface area (Å²) in [6.07, 6.45) is 3.03. The minimum absolute atomic E-state index is 0.120. The van der Waals surface area contributed by atoms with Crippen LogP contribution in [0.25, 0.3) is 0 Å². The Labute approximate surface area is 150 Å². The fraction of sp³-hybridized carbons (Fsp3) is 0.611. The second kappa shape index (κ2) is 8.67. The third-order valence-electron chi connectivity index (χ3n) is 4.49. The average Bonchev–Trinajstić information content (AvgIpc) is 2.86. The van der Waals surface area contributed by atoms with E-state index in [1.54, 1.807) is 17.0 Å². The summed E-state index contributed by atoms with van der Waals surface area (Å²) >= 11 is 0. The third-order valence-corrected chi connectivity index (χ3v) is 6.41. The number of aryl methyl sites for hydroxylation is 1. The van der Waals surface area contributed by atoms with Crippen LogP contribution in [0, 0.1) is 6.92 Å². The Balaban J connectivity index is 2.16. The predicted octanol–water partition coefficient (Wildman–Crippen LogP) is 2.42. The molecular formula is C18H28N2O4S. The van der Waals surface area contributed by atoms with E-state index in [0.717, 1.165) is 18.4 Å². The van der Waals surface area contributed by atoms with Crippen molar-refractivity contribution in [3.05, 3.63) is 23.8 Å². The van der Waals surface area contributed by atoms with E-state index in [2.05, 4.69) is 6.92 Å². The Morgan fingerprint density at radius 2 is 1.96 bits per heavy atom. The zero-order valence-corrected chi connectivity index (χ0v) is 16.1. The number of hydrogen-bond acceptors (Lipinski definition) is 4. The zero-order chi connectivity index (χ0) is 18.4. The van der Waals surface area contributed by atoms with E-state index in [4.69, 9.17) is 4.74 Å². The van der Waals surface area contributed by atoms with Gasteiger partial charge in [-0.05, 0) is 37.5 Å². The first kappa shape index (κ1) is 19.7. The number of rotatable bonds is 6. The van der Waals surface area contributed by atoms with Gasteiger partial charge in [-0.25, -0.2) is 8.42 Å². The van der Waals surface area contributed by atoms with Crippen LogP contribution in [-0.2, 0) is 14.8 Å². The van der Waals surface area contributed by atoms with Gasteiger partial charge >= 0.3 is 0 Å². The Bertz CT molecular complexity index is 703. The summed E-state index contributed by atoms with van der Waals surface area (Å²) in [5.41, 5.74) is 0.866. The maximum atomic E-state index is 13.1. The lowest BCUT2D eigenvalue weighted by atomic mass is 10.2. The summed E-state index contributed by atoms with van der Waals surface area (Å²) in [7, 11) is -2.17. The van der Waals surface area contributed by atoms with Crippen LogP contribution in [0.5, 0.6) is 5.75 Å². The fourth-order valence-corrected chi connectivity index (χ4v) is 4.70. The number of hydrogen-bond donors (Lipinski definition) is 0. The highest BCUT2D eigenvalue weighted by Crippen LogP contribution is 2.28. The Morgan fingerprint density at radius 1 is 1.20 bits per heavy atom. The number of benzene rings is 1. The second-order valence-corrected chi connectivity index (χ2v) is 8.30. The van der Waals surface area contributed by atoms with Crippen molar-refractivity contribution in [1.82, 2.24) is 9.21 Å². The highest BCUT2D eigenvalue weighted by Gasteiger charge is 2.30. The molecule has 25 heavy (non-hydrogen) atoms. The molecule has 0 bridgehead atoms. The Morgan fingerprint density at radius 3 is 2.64 bits per heavy atom. The van der Waals surface area contributed by atoms with Gasteiger partial charge in [0, 0.05) is 32.6 Å². The van der Waals surface area contributed by atoms with Gasteiger partial charge < -0.3 is 9.64 Å². The summed E-state index contributed by atoms with van der Waals surface area (Å²) < 4.78 is 32.8. The summed E-state index contributed by atoms with van der Waals surface area (Å²) in [4.78, 5) is 14.2. The van der Waals surface area contributed by atoms with E-state index in [0.29, 0.717) is 44.8 Å². The van der Waals surface area contributed by atoms with Gasteiger partial charge in [0.25, 0.3) is 0 Å². The van der Waals surface area contributed by atoms with Crippen LogP contribution in [0.15, 0.2) is 23.1 Å². The fourth-order valence-electron chi connectivity index (χ4n) is 2.99. The molecule has 0 atom stereocenters. The van der Waals surface area contributed by atoms with Crippen LogP contribution >= 0.6 is 0 Å². The number of methoxy groups -OCH3 is 1. The van der Waals surface area contributed by atoms with Crippen LogP contribution in [0.2, 0.25) is 0 Å². The first-order valence-corrected chi connectivity index (χ1v) is 10.3. The van der Waals surface area contributed by atoms with E-state index >= 15 is 0 Å². The summed E-state index contributed by atoms with van der Waals surface area (Å²) in [6.45, 7) is 5.69. The third kappa shape index (κ3) is 4.73. The molecular weight excluding hydrogens is 340 g/mol. The van der Waals surface area contributed by atoms with Crippen LogP contribution in [0.1, 0.15) is 38.2 Å². The SMILES string of the molecule is CCCCC(=O)N1CCCN(S(=O)(=O)c2cc(C)ccc2OC)CC1. The molecule has 1 saturated heterocycles. The molecule has 1 heterocycles. The molecule has 7 heteroatoms. The largest absolute Gasteiger partial charge is 0.495 e. The van der Waals surface area contributed by atoms with Crippen molar-refractivity contribution in [2.45, 2.75) is 44.4 Å². The normalized spacial score (nSPS) is 16.5. The number of amides is 1. The zero-order valence-electron chi connectivity index (χ0n) is 15.3. The minimum Gasteiger partial charge on any atom is -0.495 e. The van der Waals surface area contributed by atoms with Gasteiger partial charge in [0.05, 0.1) is 7.11 Å². The van der Waals surface area contributed by atoms with Crippen molar-refractivity contribution in [2.75, 3.05) is 33.3 Å². The lowest BCUT2D eigenvalue weighted by molar-refractivity contribution is -0.131. The molecule has 1 aromatic carbocycles. The van der Waals surface area contributed by atoms with E-state index < -0.39 is 10.0 Å². The maximum absolute atomic E-state index is 13.1.